The van der Waals surface area contributed by atoms with E-state index >= 15 is 0 Å². The molecule has 0 unspecified atom stereocenters. The zero-order valence-corrected chi connectivity index (χ0v) is 19.2. The SMILES string of the molecule is COC(=O)COc1ccc(Br)cc1[C@@H]1C(C(=O)OC)=C(C)NC2=C1C(=O)c1ccccc12. The molecular formula is C24H20BrNO6. The average molecular weight is 498 g/mol. The van der Waals surface area contributed by atoms with Crippen LogP contribution in [0.2, 0.25) is 0 Å². The molecule has 0 spiro atoms. The number of fused-ring (bicyclic) bond motifs is 2. The smallest absolute Gasteiger partial charge is 0.343 e. The minimum absolute atomic E-state index is 0.180. The van der Waals surface area contributed by atoms with Gasteiger partial charge in [-0.3, -0.25) is 4.79 Å². The number of carbonyl (C=O) groups is 3. The van der Waals surface area contributed by atoms with Crippen LogP contribution in [0.15, 0.2) is 63.8 Å². The molecule has 0 aromatic heterocycles. The number of Topliss-reactive ketones (excluding diaryl/α,β-unsaturated/α-hetero) is 1. The van der Waals surface area contributed by atoms with Crippen LogP contribution in [-0.2, 0) is 19.1 Å². The van der Waals surface area contributed by atoms with Crippen LogP contribution in [0.5, 0.6) is 5.75 Å². The van der Waals surface area contributed by atoms with E-state index in [4.69, 9.17) is 9.47 Å². The Hall–Kier alpha value is -3.39. The molecule has 0 saturated carbocycles. The Balaban J connectivity index is 1.93. The Morgan fingerprint density at radius 2 is 1.78 bits per heavy atom. The summed E-state index contributed by atoms with van der Waals surface area (Å²) in [6, 6.07) is 12.5. The van der Waals surface area contributed by atoms with Crippen molar-refractivity contribution >= 4 is 39.3 Å². The van der Waals surface area contributed by atoms with Crippen molar-refractivity contribution in [1.82, 2.24) is 5.32 Å². The maximum Gasteiger partial charge on any atom is 0.343 e. The number of halogens is 1. The summed E-state index contributed by atoms with van der Waals surface area (Å²) in [4.78, 5) is 38.0. The second-order valence-electron chi connectivity index (χ2n) is 7.30. The number of carbonyl (C=O) groups excluding carboxylic acids is 3. The highest BCUT2D eigenvalue weighted by Gasteiger charge is 2.43. The fourth-order valence-corrected chi connectivity index (χ4v) is 4.47. The van der Waals surface area contributed by atoms with Crippen LogP contribution >= 0.6 is 15.9 Å². The summed E-state index contributed by atoms with van der Waals surface area (Å²) in [6.45, 7) is 1.45. The zero-order chi connectivity index (χ0) is 23.0. The van der Waals surface area contributed by atoms with E-state index in [1.54, 1.807) is 37.3 Å². The lowest BCUT2D eigenvalue weighted by Crippen LogP contribution is -2.29. The molecule has 32 heavy (non-hydrogen) atoms. The van der Waals surface area contributed by atoms with Gasteiger partial charge in [0, 0.05) is 32.4 Å². The number of methoxy groups -OCH3 is 2. The maximum absolute atomic E-state index is 13.5. The summed E-state index contributed by atoms with van der Waals surface area (Å²) >= 11 is 3.47. The van der Waals surface area contributed by atoms with Crippen LogP contribution < -0.4 is 10.1 Å². The molecule has 1 atom stereocenters. The standard InChI is InChI=1S/C24H20BrNO6/c1-12-19(24(29)31-3)20(16-10-13(25)8-9-17(16)32-11-18(27)30-2)21-22(26-12)14-6-4-5-7-15(14)23(21)28/h4-10,20,26H,11H2,1-3H3/t20-/m1/s1. The molecule has 0 fully saturated rings. The Morgan fingerprint density at radius 3 is 2.47 bits per heavy atom. The highest BCUT2D eigenvalue weighted by Crippen LogP contribution is 2.49. The van der Waals surface area contributed by atoms with E-state index in [0.29, 0.717) is 39.4 Å². The first kappa shape index (κ1) is 21.8. The van der Waals surface area contributed by atoms with Crippen molar-refractivity contribution in [3.63, 3.8) is 0 Å². The van der Waals surface area contributed by atoms with Crippen LogP contribution in [0, 0.1) is 0 Å². The minimum Gasteiger partial charge on any atom is -0.482 e. The molecule has 8 heteroatoms. The zero-order valence-electron chi connectivity index (χ0n) is 17.7. The second kappa shape index (κ2) is 8.63. The molecule has 0 bridgehead atoms. The van der Waals surface area contributed by atoms with Gasteiger partial charge in [0.2, 0.25) is 0 Å². The second-order valence-corrected chi connectivity index (χ2v) is 8.21. The Kier molecular flexibility index (Phi) is 5.88. The highest BCUT2D eigenvalue weighted by atomic mass is 79.9. The molecule has 1 heterocycles. The molecule has 4 rings (SSSR count). The number of nitrogens with one attached hydrogen (secondary N) is 1. The fraction of sp³-hybridized carbons (Fsp3) is 0.208. The summed E-state index contributed by atoms with van der Waals surface area (Å²) in [5.74, 6) is -1.69. The van der Waals surface area contributed by atoms with E-state index in [1.807, 2.05) is 12.1 Å². The van der Waals surface area contributed by atoms with Crippen molar-refractivity contribution in [2.75, 3.05) is 20.8 Å². The third-order valence-electron chi connectivity index (χ3n) is 5.51. The van der Waals surface area contributed by atoms with Crippen molar-refractivity contribution in [1.29, 1.82) is 0 Å². The van der Waals surface area contributed by atoms with Gasteiger partial charge in [-0.15, -0.1) is 0 Å². The van der Waals surface area contributed by atoms with Gasteiger partial charge in [0.1, 0.15) is 5.75 Å². The first-order chi connectivity index (χ1) is 15.4. The van der Waals surface area contributed by atoms with Gasteiger partial charge in [0.25, 0.3) is 0 Å². The highest BCUT2D eigenvalue weighted by molar-refractivity contribution is 9.10. The van der Waals surface area contributed by atoms with E-state index < -0.39 is 17.9 Å². The maximum atomic E-state index is 13.5. The number of esters is 2. The predicted octanol–water partition coefficient (Wildman–Crippen LogP) is 3.74. The molecule has 0 amide bonds. The Bertz CT molecular complexity index is 1210. The van der Waals surface area contributed by atoms with E-state index in [1.165, 1.54) is 14.2 Å². The molecule has 1 aliphatic carbocycles. The Labute approximate surface area is 193 Å². The van der Waals surface area contributed by atoms with Gasteiger partial charge >= 0.3 is 11.9 Å². The van der Waals surface area contributed by atoms with Gasteiger partial charge in [-0.05, 0) is 25.1 Å². The summed E-state index contributed by atoms with van der Waals surface area (Å²) in [5.41, 5.74) is 3.84. The summed E-state index contributed by atoms with van der Waals surface area (Å²) in [7, 11) is 2.57. The van der Waals surface area contributed by atoms with E-state index in [9.17, 15) is 14.4 Å². The third kappa shape index (κ3) is 3.60. The molecule has 2 aliphatic rings. The van der Waals surface area contributed by atoms with Crippen LogP contribution in [0.3, 0.4) is 0 Å². The molecule has 2 aromatic rings. The minimum atomic E-state index is -0.760. The van der Waals surface area contributed by atoms with E-state index in [2.05, 4.69) is 26.0 Å². The lowest BCUT2D eigenvalue weighted by molar-refractivity contribution is -0.143. The van der Waals surface area contributed by atoms with Gasteiger partial charge in [0.05, 0.1) is 31.4 Å². The lowest BCUT2D eigenvalue weighted by atomic mass is 9.79. The van der Waals surface area contributed by atoms with Crippen molar-refractivity contribution in [2.24, 2.45) is 0 Å². The van der Waals surface area contributed by atoms with E-state index in [0.717, 1.165) is 10.0 Å². The van der Waals surface area contributed by atoms with Gasteiger partial charge in [0.15, 0.2) is 12.4 Å². The van der Waals surface area contributed by atoms with Gasteiger partial charge in [-0.25, -0.2) is 9.59 Å². The lowest BCUT2D eigenvalue weighted by Gasteiger charge is -2.30. The summed E-state index contributed by atoms with van der Waals surface area (Å²) in [6.07, 6.45) is 0. The van der Waals surface area contributed by atoms with Crippen molar-refractivity contribution < 1.29 is 28.6 Å². The van der Waals surface area contributed by atoms with Crippen LogP contribution in [0.25, 0.3) is 5.70 Å². The number of hydrogen-bond donors (Lipinski definition) is 1. The number of benzene rings is 2. The Morgan fingerprint density at radius 1 is 1.06 bits per heavy atom. The normalized spacial score (nSPS) is 16.9. The van der Waals surface area contributed by atoms with Crippen LogP contribution in [0.4, 0.5) is 0 Å². The number of rotatable bonds is 5. The van der Waals surface area contributed by atoms with Gasteiger partial charge in [-0.1, -0.05) is 40.2 Å². The molecule has 1 N–H and O–H groups in total. The van der Waals surface area contributed by atoms with E-state index in [-0.39, 0.29) is 12.4 Å². The molecule has 7 nitrogen and oxygen atoms in total. The average Bonchev–Trinajstić information content (AvgIpc) is 3.08. The molecule has 2 aromatic carbocycles. The van der Waals surface area contributed by atoms with Crippen molar-refractivity contribution in [3.8, 4) is 5.75 Å². The third-order valence-corrected chi connectivity index (χ3v) is 6.00. The molecule has 1 aliphatic heterocycles. The molecule has 0 saturated heterocycles. The van der Waals surface area contributed by atoms with Crippen LogP contribution in [0.1, 0.15) is 34.3 Å². The molecule has 164 valence electrons. The molecular weight excluding hydrogens is 478 g/mol. The fourth-order valence-electron chi connectivity index (χ4n) is 4.09. The van der Waals surface area contributed by atoms with Gasteiger partial charge < -0.3 is 19.5 Å². The largest absolute Gasteiger partial charge is 0.482 e. The first-order valence-corrected chi connectivity index (χ1v) is 10.6. The van der Waals surface area contributed by atoms with Crippen molar-refractivity contribution in [2.45, 2.75) is 12.8 Å². The summed E-state index contributed by atoms with van der Waals surface area (Å²) < 4.78 is 16.2. The number of allylic oxidation sites excluding steroid dienone is 2. The number of hydrogen-bond acceptors (Lipinski definition) is 7. The quantitative estimate of drug-likeness (QED) is 0.629. The number of dihydropyridines is 1. The molecule has 0 radical (unpaired) electrons. The van der Waals surface area contributed by atoms with Gasteiger partial charge in [-0.2, -0.15) is 0 Å². The first-order valence-electron chi connectivity index (χ1n) is 9.80. The summed E-state index contributed by atoms with van der Waals surface area (Å²) in [5, 5.41) is 3.23. The number of ketones is 1. The number of ether oxygens (including phenoxy) is 3. The topological polar surface area (TPSA) is 90.9 Å². The predicted molar refractivity (Wildman–Crippen MR) is 120 cm³/mol. The van der Waals surface area contributed by atoms with Crippen LogP contribution in [-0.4, -0.2) is 38.5 Å². The monoisotopic (exact) mass is 497 g/mol. The van der Waals surface area contributed by atoms with Crippen molar-refractivity contribution in [3.05, 3.63) is 80.5 Å².